The first-order valence-electron chi connectivity index (χ1n) is 10.7. The summed E-state index contributed by atoms with van der Waals surface area (Å²) in [5.74, 6) is -1.33. The van der Waals surface area contributed by atoms with Crippen LogP contribution < -0.4 is 0 Å². The predicted molar refractivity (Wildman–Crippen MR) is 115 cm³/mol. The second-order valence-electron chi connectivity index (χ2n) is 11.4. The van der Waals surface area contributed by atoms with Crippen LogP contribution in [-0.2, 0) is 23.7 Å². The molecule has 0 saturated carbocycles. The van der Waals surface area contributed by atoms with Crippen LogP contribution in [-0.4, -0.2) is 81.5 Å². The molecule has 0 aliphatic carbocycles. The Bertz CT molecular complexity index is 740. The van der Waals surface area contributed by atoms with Gasteiger partial charge in [-0.25, -0.2) is 14.4 Å². The van der Waals surface area contributed by atoms with Crippen LogP contribution in [0.2, 0.25) is 0 Å². The van der Waals surface area contributed by atoms with Crippen LogP contribution in [0, 0.1) is 5.41 Å². The van der Waals surface area contributed by atoms with Gasteiger partial charge in [0, 0.05) is 5.41 Å². The number of aliphatic carboxylic acids is 1. The second kappa shape index (κ2) is 8.06. The highest BCUT2D eigenvalue weighted by Crippen LogP contribution is 2.38. The maximum absolute atomic E-state index is 13.0. The molecular weight excluding hydrogens is 420 g/mol. The van der Waals surface area contributed by atoms with Crippen molar-refractivity contribution in [2.75, 3.05) is 19.8 Å². The van der Waals surface area contributed by atoms with Crippen molar-refractivity contribution in [1.82, 2.24) is 9.80 Å². The fourth-order valence-corrected chi connectivity index (χ4v) is 4.44. The minimum absolute atomic E-state index is 0.276. The summed E-state index contributed by atoms with van der Waals surface area (Å²) in [6.07, 6.45) is -2.98. The van der Waals surface area contributed by atoms with Gasteiger partial charge in [0.25, 0.3) is 0 Å². The standard InChI is InChI=1S/C22H38N2O8/c1-18(2,11-29-16(27)23-19(3,4)12-30-21(23,7)8)14(15(25)26)32-17(28)24-20(5,6)13-31-22(24,9)10/h14H,11-13H2,1-10H3,(H,25,26)/t14-/m0/s1. The topological polar surface area (TPSA) is 115 Å². The Morgan fingerprint density at radius 1 is 0.875 bits per heavy atom. The highest BCUT2D eigenvalue weighted by Gasteiger charge is 2.53. The molecule has 0 aromatic heterocycles. The Labute approximate surface area is 190 Å². The molecule has 0 aromatic carbocycles. The van der Waals surface area contributed by atoms with Gasteiger partial charge < -0.3 is 24.1 Å². The van der Waals surface area contributed by atoms with Crippen LogP contribution in [0.1, 0.15) is 69.2 Å². The first-order chi connectivity index (χ1) is 14.2. The summed E-state index contributed by atoms with van der Waals surface area (Å²) in [6, 6.07) is 0. The van der Waals surface area contributed by atoms with Gasteiger partial charge in [0.05, 0.1) is 24.3 Å². The van der Waals surface area contributed by atoms with E-state index >= 15 is 0 Å². The number of carboxylic acid groups (broad SMARTS) is 1. The summed E-state index contributed by atoms with van der Waals surface area (Å²) < 4.78 is 22.3. The normalized spacial score (nSPS) is 24.2. The van der Waals surface area contributed by atoms with Crippen LogP contribution >= 0.6 is 0 Å². The van der Waals surface area contributed by atoms with Crippen molar-refractivity contribution in [3.63, 3.8) is 0 Å². The van der Waals surface area contributed by atoms with Gasteiger partial charge in [-0.2, -0.15) is 0 Å². The zero-order valence-corrected chi connectivity index (χ0v) is 20.9. The number of amides is 2. The van der Waals surface area contributed by atoms with Gasteiger partial charge in [-0.05, 0) is 55.4 Å². The maximum atomic E-state index is 13.0. The number of rotatable bonds is 5. The van der Waals surface area contributed by atoms with Gasteiger partial charge in [-0.3, -0.25) is 9.80 Å². The number of hydrogen-bond acceptors (Lipinski definition) is 7. The summed E-state index contributed by atoms with van der Waals surface area (Å²) in [6.45, 7) is 17.8. The lowest BCUT2D eigenvalue weighted by atomic mass is 9.87. The van der Waals surface area contributed by atoms with Crippen molar-refractivity contribution in [3.8, 4) is 0 Å². The molecule has 0 spiro atoms. The summed E-state index contributed by atoms with van der Waals surface area (Å²) >= 11 is 0. The third kappa shape index (κ3) is 4.96. The number of nitrogens with zero attached hydrogens (tertiary/aromatic N) is 2. The van der Waals surface area contributed by atoms with Gasteiger partial charge in [0.15, 0.2) is 0 Å². The smallest absolute Gasteiger partial charge is 0.413 e. The number of carboxylic acids is 1. The van der Waals surface area contributed by atoms with Crippen LogP contribution in [0.15, 0.2) is 0 Å². The molecule has 1 atom stereocenters. The number of hydrogen-bond donors (Lipinski definition) is 1. The number of ether oxygens (including phenoxy) is 4. The van der Waals surface area contributed by atoms with E-state index in [1.807, 2.05) is 27.7 Å². The van der Waals surface area contributed by atoms with E-state index in [0.717, 1.165) is 0 Å². The average Bonchev–Trinajstić information content (AvgIpc) is 2.96. The SMILES string of the molecule is CC(C)(COC(=O)N1C(C)(C)COC1(C)C)[C@@H](OC(=O)N1C(C)(C)COC1(C)C)C(=O)O. The van der Waals surface area contributed by atoms with Crippen LogP contribution in [0.4, 0.5) is 9.59 Å². The van der Waals surface area contributed by atoms with Gasteiger partial charge >= 0.3 is 18.2 Å². The minimum Gasteiger partial charge on any atom is -0.478 e. The Hall–Kier alpha value is -2.07. The molecule has 2 saturated heterocycles. The number of carbonyl (C=O) groups is 3. The number of carbonyl (C=O) groups excluding carboxylic acids is 2. The molecule has 10 heteroatoms. The van der Waals surface area contributed by atoms with Crippen molar-refractivity contribution in [1.29, 1.82) is 0 Å². The molecule has 2 heterocycles. The van der Waals surface area contributed by atoms with Gasteiger partial charge in [0.2, 0.25) is 6.10 Å². The molecule has 0 radical (unpaired) electrons. The lowest BCUT2D eigenvalue weighted by Crippen LogP contribution is -2.56. The maximum Gasteiger partial charge on any atom is 0.413 e. The zero-order valence-electron chi connectivity index (χ0n) is 20.9. The summed E-state index contributed by atoms with van der Waals surface area (Å²) in [5.41, 5.74) is -4.28. The van der Waals surface area contributed by atoms with E-state index in [1.165, 1.54) is 9.80 Å². The van der Waals surface area contributed by atoms with E-state index in [4.69, 9.17) is 18.9 Å². The van der Waals surface area contributed by atoms with E-state index in [2.05, 4.69) is 0 Å². The summed E-state index contributed by atoms with van der Waals surface area (Å²) in [5, 5.41) is 9.81. The quantitative estimate of drug-likeness (QED) is 0.666. The molecule has 2 aliphatic heterocycles. The van der Waals surface area contributed by atoms with E-state index < -0.39 is 52.2 Å². The zero-order chi connectivity index (χ0) is 24.9. The fourth-order valence-electron chi connectivity index (χ4n) is 4.44. The second-order valence-corrected chi connectivity index (χ2v) is 11.4. The third-order valence-electron chi connectivity index (χ3n) is 5.93. The molecule has 184 valence electrons. The van der Waals surface area contributed by atoms with Gasteiger partial charge in [-0.15, -0.1) is 0 Å². The van der Waals surface area contributed by atoms with Crippen molar-refractivity contribution >= 4 is 18.2 Å². The van der Waals surface area contributed by atoms with Crippen LogP contribution in [0.3, 0.4) is 0 Å². The van der Waals surface area contributed by atoms with E-state index in [1.54, 1.807) is 41.5 Å². The summed E-state index contributed by atoms with van der Waals surface area (Å²) in [7, 11) is 0. The molecule has 2 rings (SSSR count). The van der Waals surface area contributed by atoms with Crippen LogP contribution in [0.25, 0.3) is 0 Å². The molecule has 2 fully saturated rings. The lowest BCUT2D eigenvalue weighted by molar-refractivity contribution is -0.158. The predicted octanol–water partition coefficient (Wildman–Crippen LogP) is 3.43. The molecule has 1 N–H and O–H groups in total. The fraction of sp³-hybridized carbons (Fsp3) is 0.864. The van der Waals surface area contributed by atoms with Crippen molar-refractivity contribution in [3.05, 3.63) is 0 Å². The molecule has 0 bridgehead atoms. The molecule has 2 amide bonds. The van der Waals surface area contributed by atoms with Crippen molar-refractivity contribution < 1.29 is 38.4 Å². The molecule has 32 heavy (non-hydrogen) atoms. The molecule has 0 unspecified atom stereocenters. The van der Waals surface area contributed by atoms with Crippen molar-refractivity contribution in [2.45, 2.75) is 97.9 Å². The Balaban J connectivity index is 2.15. The molecule has 10 nitrogen and oxygen atoms in total. The third-order valence-corrected chi connectivity index (χ3v) is 5.93. The highest BCUT2D eigenvalue weighted by molar-refractivity contribution is 5.79. The van der Waals surface area contributed by atoms with Crippen molar-refractivity contribution in [2.24, 2.45) is 5.41 Å². The van der Waals surface area contributed by atoms with E-state index in [-0.39, 0.29) is 13.2 Å². The average molecular weight is 459 g/mol. The monoisotopic (exact) mass is 458 g/mol. The molecule has 2 aliphatic rings. The van der Waals surface area contributed by atoms with Gasteiger partial charge in [-0.1, -0.05) is 13.8 Å². The Morgan fingerprint density at radius 2 is 1.28 bits per heavy atom. The van der Waals surface area contributed by atoms with Crippen LogP contribution in [0.5, 0.6) is 0 Å². The first-order valence-corrected chi connectivity index (χ1v) is 10.7. The highest BCUT2D eigenvalue weighted by atomic mass is 16.6. The Kier molecular flexibility index (Phi) is 6.59. The molecule has 0 aromatic rings. The van der Waals surface area contributed by atoms with Gasteiger partial charge in [0.1, 0.15) is 18.1 Å². The summed E-state index contributed by atoms with van der Waals surface area (Å²) in [4.78, 5) is 40.8. The van der Waals surface area contributed by atoms with E-state index in [9.17, 15) is 19.5 Å². The Morgan fingerprint density at radius 3 is 1.62 bits per heavy atom. The largest absolute Gasteiger partial charge is 0.478 e. The minimum atomic E-state index is -1.55. The first kappa shape index (κ1) is 26.2. The molecular formula is C22H38N2O8. The lowest BCUT2D eigenvalue weighted by Gasteiger charge is -2.40. The van der Waals surface area contributed by atoms with E-state index in [0.29, 0.717) is 6.61 Å².